The monoisotopic (exact) mass is 479 g/mol. The number of amides is 2. The topological polar surface area (TPSA) is 96.0 Å². The fourth-order valence-corrected chi connectivity index (χ4v) is 4.53. The van der Waals surface area contributed by atoms with E-state index in [1.54, 1.807) is 62.6 Å². The Bertz CT molecular complexity index is 1090. The molecule has 10 heteroatoms. The molecule has 8 nitrogen and oxygen atoms in total. The van der Waals surface area contributed by atoms with Gasteiger partial charge in [-0.1, -0.05) is 35.9 Å². The lowest BCUT2D eigenvalue weighted by Crippen LogP contribution is -2.69. The highest BCUT2D eigenvalue weighted by Gasteiger charge is 2.49. The maximum absolute atomic E-state index is 13.3. The third-order valence-corrected chi connectivity index (χ3v) is 6.97. The van der Waals surface area contributed by atoms with Crippen LogP contribution in [0, 0.1) is 0 Å². The maximum atomic E-state index is 13.3. The molecular formula is C22H26ClN3O5S. The number of halogens is 1. The standard InChI is InChI=1S/C22H26ClN3O5S/c1-22(21(28)24-12-16-4-8-18(23)9-5-16)15-25(32(3,29)30)14-20(27)26(22)13-17-6-10-19(31-2)11-7-17/h4-11H,12-15H2,1-3H3,(H,24,28)/t22-/m1/s1. The van der Waals surface area contributed by atoms with E-state index in [-0.39, 0.29) is 26.2 Å². The van der Waals surface area contributed by atoms with E-state index in [0.29, 0.717) is 10.8 Å². The molecule has 1 aliphatic rings. The number of sulfonamides is 1. The molecule has 0 saturated carbocycles. The Morgan fingerprint density at radius 2 is 1.72 bits per heavy atom. The van der Waals surface area contributed by atoms with Gasteiger partial charge in [-0.3, -0.25) is 9.59 Å². The summed E-state index contributed by atoms with van der Waals surface area (Å²) in [5.74, 6) is -0.213. The summed E-state index contributed by atoms with van der Waals surface area (Å²) in [6.07, 6.45) is 1.03. The zero-order chi connectivity index (χ0) is 23.5. The molecule has 1 atom stereocenters. The maximum Gasteiger partial charge on any atom is 0.247 e. The smallest absolute Gasteiger partial charge is 0.247 e. The van der Waals surface area contributed by atoms with Crippen molar-refractivity contribution in [1.82, 2.24) is 14.5 Å². The Morgan fingerprint density at radius 3 is 2.28 bits per heavy atom. The Kier molecular flexibility index (Phi) is 7.12. The zero-order valence-electron chi connectivity index (χ0n) is 18.2. The van der Waals surface area contributed by atoms with Crippen LogP contribution >= 0.6 is 11.6 Å². The molecule has 2 aromatic carbocycles. The molecule has 172 valence electrons. The largest absolute Gasteiger partial charge is 0.497 e. The highest BCUT2D eigenvalue weighted by atomic mass is 35.5. The van der Waals surface area contributed by atoms with Crippen molar-refractivity contribution >= 4 is 33.4 Å². The Hall–Kier alpha value is -2.62. The molecule has 0 spiro atoms. The Balaban J connectivity index is 1.86. The molecule has 1 N–H and O–H groups in total. The van der Waals surface area contributed by atoms with Gasteiger partial charge < -0.3 is 15.0 Å². The van der Waals surface area contributed by atoms with E-state index in [1.807, 2.05) is 0 Å². The molecule has 1 saturated heterocycles. The predicted octanol–water partition coefficient (Wildman–Crippen LogP) is 2.03. The highest BCUT2D eigenvalue weighted by Crippen LogP contribution is 2.27. The first kappa shape index (κ1) is 24.0. The van der Waals surface area contributed by atoms with Crippen molar-refractivity contribution in [3.63, 3.8) is 0 Å². The number of carbonyl (C=O) groups is 2. The first-order valence-electron chi connectivity index (χ1n) is 9.94. The second-order valence-corrected chi connectivity index (χ2v) is 10.4. The molecule has 0 aromatic heterocycles. The van der Waals surface area contributed by atoms with Gasteiger partial charge in [-0.2, -0.15) is 4.31 Å². The normalized spacial score (nSPS) is 19.6. The second-order valence-electron chi connectivity index (χ2n) is 7.94. The third kappa shape index (κ3) is 5.40. The van der Waals surface area contributed by atoms with Gasteiger partial charge in [-0.15, -0.1) is 0 Å². The molecule has 2 amide bonds. The predicted molar refractivity (Wildman–Crippen MR) is 122 cm³/mol. The van der Waals surface area contributed by atoms with Crippen LogP contribution in [-0.2, 0) is 32.7 Å². The molecule has 0 unspecified atom stereocenters. The van der Waals surface area contributed by atoms with Gasteiger partial charge >= 0.3 is 0 Å². The summed E-state index contributed by atoms with van der Waals surface area (Å²) in [5, 5.41) is 3.42. The minimum Gasteiger partial charge on any atom is -0.497 e. The average molecular weight is 480 g/mol. The summed E-state index contributed by atoms with van der Waals surface area (Å²) in [6, 6.07) is 14.2. The molecule has 1 heterocycles. The zero-order valence-corrected chi connectivity index (χ0v) is 19.7. The van der Waals surface area contributed by atoms with Gasteiger partial charge in [0.15, 0.2) is 0 Å². The van der Waals surface area contributed by atoms with Crippen molar-refractivity contribution in [3.05, 3.63) is 64.7 Å². The Morgan fingerprint density at radius 1 is 1.12 bits per heavy atom. The molecule has 3 rings (SSSR count). The summed E-state index contributed by atoms with van der Waals surface area (Å²) in [5.41, 5.74) is 0.226. The van der Waals surface area contributed by atoms with Gasteiger partial charge in [0.1, 0.15) is 11.3 Å². The van der Waals surface area contributed by atoms with Crippen LogP contribution in [0.3, 0.4) is 0 Å². The van der Waals surface area contributed by atoms with Gasteiger partial charge in [-0.05, 0) is 42.3 Å². The molecule has 0 aliphatic carbocycles. The number of hydrogen-bond donors (Lipinski definition) is 1. The lowest BCUT2D eigenvalue weighted by atomic mass is 9.94. The van der Waals surface area contributed by atoms with Crippen molar-refractivity contribution in [3.8, 4) is 5.75 Å². The fraction of sp³-hybridized carbons (Fsp3) is 0.364. The average Bonchev–Trinajstić information content (AvgIpc) is 2.75. The lowest BCUT2D eigenvalue weighted by Gasteiger charge is -2.46. The van der Waals surface area contributed by atoms with Crippen LogP contribution in [0.25, 0.3) is 0 Å². The summed E-state index contributed by atoms with van der Waals surface area (Å²) < 4.78 is 30.6. The van der Waals surface area contributed by atoms with E-state index >= 15 is 0 Å². The van der Waals surface area contributed by atoms with Crippen LogP contribution in [0.15, 0.2) is 48.5 Å². The SMILES string of the molecule is COc1ccc(CN2C(=O)CN(S(C)(=O)=O)C[C@]2(C)C(=O)NCc2ccc(Cl)cc2)cc1. The molecule has 2 aromatic rings. The van der Waals surface area contributed by atoms with Crippen LogP contribution in [0.2, 0.25) is 5.02 Å². The van der Waals surface area contributed by atoms with Crippen LogP contribution in [0.5, 0.6) is 5.75 Å². The minimum atomic E-state index is -3.67. The summed E-state index contributed by atoms with van der Waals surface area (Å²) in [6.45, 7) is 1.51. The van der Waals surface area contributed by atoms with Crippen molar-refractivity contribution in [2.45, 2.75) is 25.6 Å². The number of methoxy groups -OCH3 is 1. The van der Waals surface area contributed by atoms with Crippen molar-refractivity contribution < 1.29 is 22.7 Å². The molecule has 1 fully saturated rings. The number of piperazine rings is 1. The number of nitrogens with zero attached hydrogens (tertiary/aromatic N) is 2. The van der Waals surface area contributed by atoms with E-state index in [4.69, 9.17) is 16.3 Å². The third-order valence-electron chi connectivity index (χ3n) is 5.52. The number of benzene rings is 2. The summed E-state index contributed by atoms with van der Waals surface area (Å²) in [7, 11) is -2.11. The first-order valence-corrected chi connectivity index (χ1v) is 12.2. The van der Waals surface area contributed by atoms with Gasteiger partial charge in [0, 0.05) is 24.7 Å². The minimum absolute atomic E-state index is 0.139. The quantitative estimate of drug-likeness (QED) is 0.655. The molecule has 32 heavy (non-hydrogen) atoms. The number of rotatable bonds is 7. The van der Waals surface area contributed by atoms with Crippen LogP contribution in [0.4, 0.5) is 0 Å². The Labute approximate surface area is 193 Å². The number of hydrogen-bond acceptors (Lipinski definition) is 5. The van der Waals surface area contributed by atoms with Gasteiger partial charge in [0.25, 0.3) is 0 Å². The molecule has 0 bridgehead atoms. The van der Waals surface area contributed by atoms with Crippen molar-refractivity contribution in [2.75, 3.05) is 26.5 Å². The van der Waals surface area contributed by atoms with E-state index in [9.17, 15) is 18.0 Å². The van der Waals surface area contributed by atoms with Gasteiger partial charge in [0.05, 0.1) is 19.9 Å². The lowest BCUT2D eigenvalue weighted by molar-refractivity contribution is -0.153. The summed E-state index contributed by atoms with van der Waals surface area (Å²) in [4.78, 5) is 27.8. The second kappa shape index (κ2) is 9.48. The molecular weight excluding hydrogens is 454 g/mol. The molecule has 0 radical (unpaired) electrons. The van der Waals surface area contributed by atoms with Crippen LogP contribution in [-0.4, -0.2) is 61.4 Å². The highest BCUT2D eigenvalue weighted by molar-refractivity contribution is 7.88. The van der Waals surface area contributed by atoms with E-state index < -0.39 is 27.4 Å². The van der Waals surface area contributed by atoms with Crippen LogP contribution < -0.4 is 10.1 Å². The number of carbonyl (C=O) groups excluding carboxylic acids is 2. The van der Waals surface area contributed by atoms with Crippen molar-refractivity contribution in [2.24, 2.45) is 0 Å². The molecule has 1 aliphatic heterocycles. The van der Waals surface area contributed by atoms with Crippen LogP contribution in [0.1, 0.15) is 18.1 Å². The first-order chi connectivity index (χ1) is 15.0. The van der Waals surface area contributed by atoms with E-state index in [2.05, 4.69) is 5.32 Å². The van der Waals surface area contributed by atoms with E-state index in [1.165, 1.54) is 4.90 Å². The summed E-state index contributed by atoms with van der Waals surface area (Å²) >= 11 is 5.91. The van der Waals surface area contributed by atoms with Gasteiger partial charge in [0.2, 0.25) is 21.8 Å². The van der Waals surface area contributed by atoms with Crippen molar-refractivity contribution in [1.29, 1.82) is 0 Å². The van der Waals surface area contributed by atoms with Gasteiger partial charge in [-0.25, -0.2) is 8.42 Å². The number of ether oxygens (including phenoxy) is 1. The number of nitrogens with one attached hydrogen (secondary N) is 1. The fourth-order valence-electron chi connectivity index (χ4n) is 3.58. The van der Waals surface area contributed by atoms with E-state index in [0.717, 1.165) is 21.7 Å².